The molecule has 0 aromatic heterocycles. The first-order valence-corrected chi connectivity index (χ1v) is 7.59. The maximum absolute atomic E-state index is 12.4. The summed E-state index contributed by atoms with van der Waals surface area (Å²) >= 11 is 0. The van der Waals surface area contributed by atoms with Crippen LogP contribution < -0.4 is 0 Å². The van der Waals surface area contributed by atoms with Crippen molar-refractivity contribution >= 4 is 0 Å². The maximum Gasteiger partial charge on any atom is 0.401 e. The lowest BCUT2D eigenvalue weighted by atomic mass is 10.1. The second kappa shape index (κ2) is 7.44. The summed E-state index contributed by atoms with van der Waals surface area (Å²) in [5, 5.41) is 10.3. The van der Waals surface area contributed by atoms with Crippen molar-refractivity contribution in [3.8, 4) is 0 Å². The molecule has 6 heteroatoms. The van der Waals surface area contributed by atoms with Crippen LogP contribution in [0, 0.1) is 6.92 Å². The van der Waals surface area contributed by atoms with Crippen LogP contribution in [0.1, 0.15) is 23.7 Å². The van der Waals surface area contributed by atoms with E-state index in [1.165, 1.54) is 4.90 Å². The van der Waals surface area contributed by atoms with Crippen molar-refractivity contribution in [2.45, 2.75) is 25.6 Å². The molecular weight excluding hydrogens is 293 g/mol. The quantitative estimate of drug-likeness (QED) is 0.925. The number of hydrogen-bond acceptors (Lipinski definition) is 3. The van der Waals surface area contributed by atoms with E-state index in [0.717, 1.165) is 17.7 Å². The van der Waals surface area contributed by atoms with Crippen LogP contribution in [0.15, 0.2) is 24.3 Å². The van der Waals surface area contributed by atoms with Crippen molar-refractivity contribution in [2.75, 3.05) is 39.3 Å². The van der Waals surface area contributed by atoms with Crippen LogP contribution >= 0.6 is 0 Å². The van der Waals surface area contributed by atoms with E-state index in [0.29, 0.717) is 32.6 Å². The number of nitrogens with zero attached hydrogens (tertiary/aromatic N) is 2. The summed E-state index contributed by atoms with van der Waals surface area (Å²) in [7, 11) is 0. The summed E-state index contributed by atoms with van der Waals surface area (Å²) in [5.41, 5.74) is 1.98. The van der Waals surface area contributed by atoms with Gasteiger partial charge in [0.2, 0.25) is 0 Å². The van der Waals surface area contributed by atoms with E-state index >= 15 is 0 Å². The van der Waals surface area contributed by atoms with Crippen molar-refractivity contribution in [1.82, 2.24) is 9.80 Å². The highest BCUT2D eigenvalue weighted by atomic mass is 19.4. The van der Waals surface area contributed by atoms with Gasteiger partial charge in [-0.15, -0.1) is 0 Å². The number of hydrogen-bond donors (Lipinski definition) is 1. The Bertz CT molecular complexity index is 461. The van der Waals surface area contributed by atoms with Crippen molar-refractivity contribution in [3.05, 3.63) is 35.4 Å². The fraction of sp³-hybridized carbons (Fsp3) is 0.625. The molecule has 1 heterocycles. The zero-order valence-electron chi connectivity index (χ0n) is 12.8. The SMILES string of the molecule is Cc1ccc(C(O)CN2CCCN(CC(F)(F)F)CC2)cc1. The summed E-state index contributed by atoms with van der Waals surface area (Å²) in [4.78, 5) is 3.49. The predicted octanol–water partition coefficient (Wildman–Crippen LogP) is 2.60. The van der Waals surface area contributed by atoms with Crippen molar-refractivity contribution < 1.29 is 18.3 Å². The molecule has 1 atom stereocenters. The highest BCUT2D eigenvalue weighted by Gasteiger charge is 2.31. The normalized spacial score (nSPS) is 19.9. The Kier molecular flexibility index (Phi) is 5.83. The first-order chi connectivity index (χ1) is 10.3. The maximum atomic E-state index is 12.4. The van der Waals surface area contributed by atoms with Gasteiger partial charge in [0.1, 0.15) is 0 Å². The second-order valence-electron chi connectivity index (χ2n) is 5.97. The molecule has 1 aliphatic rings. The molecule has 0 aliphatic carbocycles. The molecule has 1 aliphatic heterocycles. The fourth-order valence-corrected chi connectivity index (χ4v) is 2.76. The number of aliphatic hydroxyl groups excluding tert-OH is 1. The highest BCUT2D eigenvalue weighted by molar-refractivity contribution is 5.23. The number of β-amino-alcohol motifs (C(OH)–C–C–N with tert-alkyl or cyclic N) is 1. The van der Waals surface area contributed by atoms with Gasteiger partial charge in [-0.1, -0.05) is 29.8 Å². The Hall–Kier alpha value is -1.11. The van der Waals surface area contributed by atoms with Gasteiger partial charge >= 0.3 is 6.18 Å². The third-order valence-electron chi connectivity index (χ3n) is 3.98. The molecule has 2 rings (SSSR count). The molecule has 0 spiro atoms. The number of halogens is 3. The third-order valence-corrected chi connectivity index (χ3v) is 3.98. The average Bonchev–Trinajstić information content (AvgIpc) is 2.63. The number of alkyl halides is 3. The Morgan fingerprint density at radius 1 is 1.05 bits per heavy atom. The van der Waals surface area contributed by atoms with Gasteiger partial charge in [0.15, 0.2) is 0 Å². The number of rotatable bonds is 4. The monoisotopic (exact) mass is 316 g/mol. The minimum Gasteiger partial charge on any atom is -0.387 e. The van der Waals surface area contributed by atoms with E-state index in [-0.39, 0.29) is 0 Å². The van der Waals surface area contributed by atoms with Gasteiger partial charge in [-0.2, -0.15) is 13.2 Å². The van der Waals surface area contributed by atoms with Gasteiger partial charge in [0.05, 0.1) is 12.6 Å². The van der Waals surface area contributed by atoms with Gasteiger partial charge in [-0.25, -0.2) is 0 Å². The Morgan fingerprint density at radius 2 is 1.64 bits per heavy atom. The summed E-state index contributed by atoms with van der Waals surface area (Å²) in [6.07, 6.45) is -4.05. The van der Waals surface area contributed by atoms with Crippen molar-refractivity contribution in [3.63, 3.8) is 0 Å². The van der Waals surface area contributed by atoms with E-state index in [1.54, 1.807) is 0 Å². The van der Waals surface area contributed by atoms with Crippen LogP contribution in [0.25, 0.3) is 0 Å². The molecule has 1 N–H and O–H groups in total. The number of aryl methyl sites for hydroxylation is 1. The van der Waals surface area contributed by atoms with Gasteiger partial charge in [-0.3, -0.25) is 9.80 Å². The molecule has 1 aromatic carbocycles. The van der Waals surface area contributed by atoms with Crippen LogP contribution in [-0.2, 0) is 0 Å². The summed E-state index contributed by atoms with van der Waals surface area (Å²) < 4.78 is 37.3. The smallest absolute Gasteiger partial charge is 0.387 e. The third kappa shape index (κ3) is 5.59. The zero-order chi connectivity index (χ0) is 16.2. The van der Waals surface area contributed by atoms with Crippen molar-refractivity contribution in [1.29, 1.82) is 0 Å². The topological polar surface area (TPSA) is 26.7 Å². The average molecular weight is 316 g/mol. The molecule has 124 valence electrons. The molecule has 1 saturated heterocycles. The van der Waals surface area contributed by atoms with Crippen LogP contribution in [0.2, 0.25) is 0 Å². The van der Waals surface area contributed by atoms with E-state index in [9.17, 15) is 18.3 Å². The highest BCUT2D eigenvalue weighted by Crippen LogP contribution is 2.19. The zero-order valence-corrected chi connectivity index (χ0v) is 12.8. The Labute approximate surface area is 129 Å². The molecule has 1 aromatic rings. The van der Waals surface area contributed by atoms with E-state index in [4.69, 9.17) is 0 Å². The van der Waals surface area contributed by atoms with Crippen LogP contribution in [-0.4, -0.2) is 60.4 Å². The lowest BCUT2D eigenvalue weighted by Crippen LogP contribution is -2.37. The lowest BCUT2D eigenvalue weighted by Gasteiger charge is -2.24. The van der Waals surface area contributed by atoms with Gasteiger partial charge < -0.3 is 5.11 Å². The number of aliphatic hydroxyl groups is 1. The Morgan fingerprint density at radius 3 is 2.27 bits per heavy atom. The second-order valence-corrected chi connectivity index (χ2v) is 5.97. The molecule has 3 nitrogen and oxygen atoms in total. The standard InChI is InChI=1S/C16H23F3N2O/c1-13-3-5-14(6-4-13)15(22)11-20-7-2-8-21(10-9-20)12-16(17,18)19/h3-6,15,22H,2,7-12H2,1H3. The summed E-state index contributed by atoms with van der Waals surface area (Å²) in [6, 6.07) is 7.69. The minimum absolute atomic E-state index is 0.389. The van der Waals surface area contributed by atoms with Crippen LogP contribution in [0.3, 0.4) is 0 Å². The predicted molar refractivity (Wildman–Crippen MR) is 79.7 cm³/mol. The number of benzene rings is 1. The molecule has 0 amide bonds. The van der Waals surface area contributed by atoms with Gasteiger partial charge in [0.25, 0.3) is 0 Å². The van der Waals surface area contributed by atoms with Gasteiger partial charge in [0, 0.05) is 19.6 Å². The molecular formula is C16H23F3N2O. The van der Waals surface area contributed by atoms with E-state index in [1.807, 2.05) is 36.1 Å². The Balaban J connectivity index is 1.85. The largest absolute Gasteiger partial charge is 0.401 e. The molecule has 0 bridgehead atoms. The summed E-state index contributed by atoms with van der Waals surface area (Å²) in [5.74, 6) is 0. The van der Waals surface area contributed by atoms with Crippen molar-refractivity contribution in [2.24, 2.45) is 0 Å². The minimum atomic E-state index is -4.14. The molecule has 1 fully saturated rings. The first kappa shape index (κ1) is 17.2. The van der Waals surface area contributed by atoms with E-state index in [2.05, 4.69) is 0 Å². The fourth-order valence-electron chi connectivity index (χ4n) is 2.76. The van der Waals surface area contributed by atoms with E-state index < -0.39 is 18.8 Å². The van der Waals surface area contributed by atoms with Crippen LogP contribution in [0.5, 0.6) is 0 Å². The lowest BCUT2D eigenvalue weighted by molar-refractivity contribution is -0.145. The first-order valence-electron chi connectivity index (χ1n) is 7.59. The summed E-state index contributed by atoms with van der Waals surface area (Å²) in [6.45, 7) is 3.72. The molecule has 0 saturated carbocycles. The van der Waals surface area contributed by atoms with Crippen LogP contribution in [0.4, 0.5) is 13.2 Å². The molecule has 22 heavy (non-hydrogen) atoms. The molecule has 0 radical (unpaired) electrons. The van der Waals surface area contributed by atoms with Gasteiger partial charge in [-0.05, 0) is 32.0 Å². The molecule has 1 unspecified atom stereocenters.